The highest BCUT2D eigenvalue weighted by molar-refractivity contribution is 9.11. The summed E-state index contributed by atoms with van der Waals surface area (Å²) in [5.41, 5.74) is 0.436. The number of ether oxygens (including phenoxy) is 1. The monoisotopic (exact) mass is 722 g/mol. The molecule has 0 unspecified atom stereocenters. The maximum atomic E-state index is 11.0. The van der Waals surface area contributed by atoms with Crippen molar-refractivity contribution >= 4 is 110 Å². The summed E-state index contributed by atoms with van der Waals surface area (Å²) in [5.74, 6) is -2.65. The second-order valence-electron chi connectivity index (χ2n) is 5.29. The lowest BCUT2D eigenvalue weighted by Crippen LogP contribution is -2.00. The number of nitrogens with zero attached hydrogens (tertiary/aromatic N) is 2. The first kappa shape index (κ1) is 29.8. The van der Waals surface area contributed by atoms with Crippen LogP contribution in [-0.4, -0.2) is 45.1 Å². The maximum Gasteiger partial charge on any atom is 0.340 e. The Bertz CT molecular complexity index is 1210. The zero-order valence-corrected chi connectivity index (χ0v) is 23.4. The molecule has 18 heteroatoms. The molecule has 0 spiro atoms. The molecule has 0 aliphatic rings. The second kappa shape index (κ2) is 13.6. The fourth-order valence-corrected chi connectivity index (χ4v) is 6.38. The first-order valence-corrected chi connectivity index (χ1v) is 13.0. The van der Waals surface area contributed by atoms with Crippen molar-refractivity contribution in [1.29, 1.82) is 0 Å². The molecular weight excluding hydrogens is 716 g/mol. The van der Waals surface area contributed by atoms with Crippen LogP contribution >= 0.6 is 81.8 Å². The van der Waals surface area contributed by atoms with Gasteiger partial charge in [-0.3, -0.25) is 20.2 Å². The summed E-state index contributed by atoms with van der Waals surface area (Å²) in [6, 6.07) is 0. The summed E-state index contributed by atoms with van der Waals surface area (Å²) in [4.78, 5) is 51.1. The number of hydrogen-bond donors (Lipinski definition) is 2. The normalized spacial score (nSPS) is 9.65. The second-order valence-corrected chi connectivity index (χ2v) is 10.2. The van der Waals surface area contributed by atoms with E-state index in [9.17, 15) is 34.6 Å². The number of nitro groups is 2. The predicted octanol–water partition coefficient (Wildman–Crippen LogP) is 6.53. The largest absolute Gasteiger partial charge is 0.478 e. The van der Waals surface area contributed by atoms with Crippen LogP contribution in [0, 0.1) is 20.2 Å². The first-order valence-electron chi connectivity index (χ1n) is 7.92. The summed E-state index contributed by atoms with van der Waals surface area (Å²) in [6.07, 6.45) is 0. The molecule has 0 aromatic carbocycles. The molecule has 3 aromatic heterocycles. The van der Waals surface area contributed by atoms with Gasteiger partial charge in [0.15, 0.2) is 0 Å². The third-order valence-electron chi connectivity index (χ3n) is 3.24. The lowest BCUT2D eigenvalue weighted by atomic mass is 10.3. The molecule has 182 valence electrons. The molecule has 0 bridgehead atoms. The molecule has 0 fully saturated rings. The number of aromatic carboxylic acids is 2. The molecule has 0 aliphatic carbocycles. The van der Waals surface area contributed by atoms with Crippen molar-refractivity contribution in [3.63, 3.8) is 0 Å². The van der Waals surface area contributed by atoms with Gasteiger partial charge in [0.2, 0.25) is 0 Å². The van der Waals surface area contributed by atoms with Crippen LogP contribution in [0.15, 0.2) is 34.9 Å². The molecule has 3 heterocycles. The van der Waals surface area contributed by atoms with Gasteiger partial charge in [0.05, 0.1) is 33.6 Å². The number of methoxy groups -OCH3 is 1. The van der Waals surface area contributed by atoms with Gasteiger partial charge in [0.25, 0.3) is 0 Å². The quantitative estimate of drug-likeness (QED) is 0.166. The highest BCUT2D eigenvalue weighted by atomic mass is 79.9. The molecule has 2 N–H and O–H groups in total. The van der Waals surface area contributed by atoms with Gasteiger partial charge >= 0.3 is 27.9 Å². The van der Waals surface area contributed by atoms with Gasteiger partial charge in [0.1, 0.15) is 8.95 Å². The third-order valence-corrected chi connectivity index (χ3v) is 8.93. The summed E-state index contributed by atoms with van der Waals surface area (Å²) in [6.45, 7) is 0. The highest BCUT2D eigenvalue weighted by Crippen LogP contribution is 2.36. The Labute approximate surface area is 226 Å². The number of carboxylic acid groups (broad SMARTS) is 2. The average Bonchev–Trinajstić information content (AvgIpc) is 3.46. The van der Waals surface area contributed by atoms with E-state index in [0.717, 1.165) is 22.7 Å². The number of carbonyl (C=O) groups is 3. The van der Waals surface area contributed by atoms with Crippen LogP contribution in [-0.2, 0) is 4.74 Å². The van der Waals surface area contributed by atoms with Gasteiger partial charge in [-0.2, -0.15) is 11.3 Å². The van der Waals surface area contributed by atoms with E-state index < -0.39 is 27.8 Å². The van der Waals surface area contributed by atoms with Crippen LogP contribution < -0.4 is 0 Å². The minimum Gasteiger partial charge on any atom is -0.478 e. The Morgan fingerprint density at radius 3 is 1.53 bits per heavy atom. The van der Waals surface area contributed by atoms with Gasteiger partial charge in [0, 0.05) is 26.0 Å². The van der Waals surface area contributed by atoms with Crippen molar-refractivity contribution < 1.29 is 39.2 Å². The third kappa shape index (κ3) is 7.91. The van der Waals surface area contributed by atoms with Crippen LogP contribution in [0.2, 0.25) is 0 Å². The minimum absolute atomic E-state index is 0.0324. The fraction of sp³-hybridized carbons (Fsp3) is 0.0625. The number of carboxylic acids is 2. The van der Waals surface area contributed by atoms with E-state index in [1.54, 1.807) is 10.8 Å². The van der Waals surface area contributed by atoms with Crippen molar-refractivity contribution in [2.75, 3.05) is 7.11 Å². The Balaban J connectivity index is 0.000000259. The van der Waals surface area contributed by atoms with Crippen molar-refractivity contribution in [3.8, 4) is 0 Å². The number of thiophene rings is 3. The van der Waals surface area contributed by atoms with E-state index in [0.29, 0.717) is 10.0 Å². The van der Waals surface area contributed by atoms with E-state index in [1.807, 2.05) is 0 Å². The van der Waals surface area contributed by atoms with Crippen LogP contribution in [0.3, 0.4) is 0 Å². The van der Waals surface area contributed by atoms with E-state index in [4.69, 9.17) is 10.2 Å². The Morgan fingerprint density at radius 1 is 0.824 bits per heavy atom. The zero-order chi connectivity index (χ0) is 26.2. The molecule has 0 aliphatic heterocycles. The first-order chi connectivity index (χ1) is 15.8. The minimum atomic E-state index is -1.17. The number of esters is 1. The van der Waals surface area contributed by atoms with E-state index in [1.165, 1.54) is 29.2 Å². The fourth-order valence-electron chi connectivity index (χ4n) is 1.74. The Kier molecular flexibility index (Phi) is 11.9. The smallest absolute Gasteiger partial charge is 0.340 e. The molecule has 0 amide bonds. The summed E-state index contributed by atoms with van der Waals surface area (Å²) in [5, 5.41) is 43.2. The van der Waals surface area contributed by atoms with Crippen molar-refractivity contribution in [3.05, 3.63) is 71.9 Å². The summed E-state index contributed by atoms with van der Waals surface area (Å²) >= 11 is 11.9. The SMILES string of the molecule is COC(=O)c1csc([N+](=O)[O-])c1Br.O=C(O)c1csc([N+](=O)[O-])c1Br.O=C(O)c1cscc1Br. The molecule has 0 saturated heterocycles. The van der Waals surface area contributed by atoms with Gasteiger partial charge < -0.3 is 14.9 Å². The van der Waals surface area contributed by atoms with Crippen molar-refractivity contribution in [1.82, 2.24) is 0 Å². The Hall–Kier alpha value is -2.25. The Morgan fingerprint density at radius 2 is 1.26 bits per heavy atom. The maximum absolute atomic E-state index is 11.0. The lowest BCUT2D eigenvalue weighted by molar-refractivity contribution is -0.381. The van der Waals surface area contributed by atoms with E-state index in [-0.39, 0.29) is 30.1 Å². The lowest BCUT2D eigenvalue weighted by Gasteiger charge is -1.93. The predicted molar refractivity (Wildman–Crippen MR) is 135 cm³/mol. The average molecular weight is 725 g/mol. The van der Waals surface area contributed by atoms with Gasteiger partial charge in [-0.25, -0.2) is 14.4 Å². The molecule has 0 saturated carbocycles. The molecule has 3 aromatic rings. The number of halogens is 3. The topological polar surface area (TPSA) is 187 Å². The molecule has 12 nitrogen and oxygen atoms in total. The van der Waals surface area contributed by atoms with E-state index >= 15 is 0 Å². The van der Waals surface area contributed by atoms with Crippen LogP contribution in [0.5, 0.6) is 0 Å². The summed E-state index contributed by atoms with van der Waals surface area (Å²) < 4.78 is 5.29. The van der Waals surface area contributed by atoms with Crippen LogP contribution in [0.25, 0.3) is 0 Å². The van der Waals surface area contributed by atoms with Crippen molar-refractivity contribution in [2.45, 2.75) is 0 Å². The standard InChI is InChI=1S/C6H4BrNO4S.C5H2BrNO4S.C5H3BrO2S/c1-12-6(9)3-2-13-5(4(3)7)8(10)11;6-3-2(5(8)9)1-12-4(3)7(10)11;6-4-2-9-1-3(4)5(7)8/h2H,1H3;1H,(H,8,9);1-2H,(H,7,8). The van der Waals surface area contributed by atoms with Crippen LogP contribution in [0.1, 0.15) is 31.1 Å². The molecule has 0 radical (unpaired) electrons. The number of carbonyl (C=O) groups excluding carboxylic acids is 1. The van der Waals surface area contributed by atoms with Gasteiger partial charge in [-0.1, -0.05) is 22.7 Å². The molecule has 34 heavy (non-hydrogen) atoms. The molecule has 3 rings (SSSR count). The van der Waals surface area contributed by atoms with Crippen LogP contribution in [0.4, 0.5) is 10.0 Å². The number of rotatable bonds is 5. The van der Waals surface area contributed by atoms with Crippen molar-refractivity contribution in [2.24, 2.45) is 0 Å². The summed E-state index contributed by atoms with van der Waals surface area (Å²) in [7, 11) is 1.22. The number of hydrogen-bond acceptors (Lipinski definition) is 11. The van der Waals surface area contributed by atoms with Gasteiger partial charge in [-0.15, -0.1) is 0 Å². The molecular formula is C16H9Br3N2O10S3. The zero-order valence-electron chi connectivity index (χ0n) is 16.2. The molecule has 0 atom stereocenters. The highest BCUT2D eigenvalue weighted by Gasteiger charge is 2.23. The van der Waals surface area contributed by atoms with Gasteiger partial charge in [-0.05, 0) is 47.8 Å². The van der Waals surface area contributed by atoms with E-state index in [2.05, 4.69) is 52.5 Å².